The number of methoxy groups -OCH3 is 1. The summed E-state index contributed by atoms with van der Waals surface area (Å²) in [6, 6.07) is 14.7. The first kappa shape index (κ1) is 20.2. The van der Waals surface area contributed by atoms with Crippen LogP contribution in [0.2, 0.25) is 10.2 Å². The Balaban J connectivity index is 1.61. The van der Waals surface area contributed by atoms with Crippen LogP contribution in [0.1, 0.15) is 5.56 Å². The van der Waals surface area contributed by atoms with Crippen molar-refractivity contribution >= 4 is 45.7 Å². The molecule has 0 atom stereocenters. The third-order valence-electron chi connectivity index (χ3n) is 4.77. The van der Waals surface area contributed by atoms with E-state index in [-0.39, 0.29) is 24.6 Å². The Morgan fingerprint density at radius 1 is 1.13 bits per heavy atom. The van der Waals surface area contributed by atoms with E-state index in [1.165, 1.54) is 0 Å². The van der Waals surface area contributed by atoms with Gasteiger partial charge in [-0.1, -0.05) is 41.4 Å². The van der Waals surface area contributed by atoms with Crippen LogP contribution in [0.15, 0.2) is 54.7 Å². The minimum absolute atomic E-state index is 0.0392. The number of halogens is 2. The molecule has 152 valence electrons. The predicted molar refractivity (Wildman–Crippen MR) is 119 cm³/mol. The van der Waals surface area contributed by atoms with E-state index < -0.39 is 0 Å². The Hall–Kier alpha value is -3.09. The molecule has 0 radical (unpaired) electrons. The molecular formula is C22H18Cl2N4O2. The highest BCUT2D eigenvalue weighted by Gasteiger charge is 2.14. The normalized spacial score (nSPS) is 11.0. The first-order valence-electron chi connectivity index (χ1n) is 9.17. The monoisotopic (exact) mass is 440 g/mol. The molecule has 0 spiro atoms. The van der Waals surface area contributed by atoms with Gasteiger partial charge >= 0.3 is 0 Å². The van der Waals surface area contributed by atoms with Crippen molar-refractivity contribution in [1.82, 2.24) is 14.8 Å². The number of hydrogen-bond acceptors (Lipinski definition) is 5. The molecule has 4 rings (SSSR count). The molecule has 0 fully saturated rings. The second-order valence-corrected chi connectivity index (χ2v) is 7.60. The number of nitrogen functional groups attached to an aromatic ring is 1. The van der Waals surface area contributed by atoms with E-state index in [1.807, 2.05) is 36.5 Å². The molecule has 4 aromatic rings. The number of rotatable bonds is 6. The van der Waals surface area contributed by atoms with Gasteiger partial charge in [-0.05, 0) is 35.9 Å². The lowest BCUT2D eigenvalue weighted by Crippen LogP contribution is -2.14. The number of aromatic nitrogens is 3. The molecule has 0 unspecified atom stereocenters. The van der Waals surface area contributed by atoms with Gasteiger partial charge in [0.15, 0.2) is 5.78 Å². The van der Waals surface area contributed by atoms with Crippen molar-refractivity contribution in [1.29, 1.82) is 0 Å². The van der Waals surface area contributed by atoms with Crippen molar-refractivity contribution in [2.24, 2.45) is 0 Å². The topological polar surface area (TPSA) is 83.0 Å². The third-order valence-corrected chi connectivity index (χ3v) is 5.29. The lowest BCUT2D eigenvalue weighted by Gasteiger charge is -2.07. The van der Waals surface area contributed by atoms with Gasteiger partial charge in [0, 0.05) is 29.1 Å². The number of carbonyl (C=O) groups excluding carboxylic acids is 1. The summed E-state index contributed by atoms with van der Waals surface area (Å²) < 4.78 is 6.86. The highest BCUT2D eigenvalue weighted by atomic mass is 35.5. The SMILES string of the molecule is COc1ccc(-c2cccc3nn(CC(=O)Cc4ccc(Cl)nc4N)cc23)c(Cl)c1. The van der Waals surface area contributed by atoms with Crippen LogP contribution in [0.25, 0.3) is 22.0 Å². The zero-order valence-corrected chi connectivity index (χ0v) is 17.6. The maximum atomic E-state index is 12.6. The van der Waals surface area contributed by atoms with Gasteiger partial charge in [0.25, 0.3) is 0 Å². The Morgan fingerprint density at radius 3 is 2.70 bits per heavy atom. The Labute approximate surface area is 183 Å². The fraction of sp³-hybridized carbons (Fsp3) is 0.136. The Bertz CT molecular complexity index is 1250. The summed E-state index contributed by atoms with van der Waals surface area (Å²) in [6.45, 7) is 0.118. The summed E-state index contributed by atoms with van der Waals surface area (Å²) >= 11 is 12.3. The van der Waals surface area contributed by atoms with Crippen LogP contribution in [0.4, 0.5) is 5.82 Å². The predicted octanol–water partition coefficient (Wildman–Crippen LogP) is 4.81. The molecule has 0 aliphatic heterocycles. The second kappa shape index (κ2) is 8.34. The maximum absolute atomic E-state index is 12.6. The molecule has 6 nitrogen and oxygen atoms in total. The summed E-state index contributed by atoms with van der Waals surface area (Å²) in [5, 5.41) is 6.33. The van der Waals surface area contributed by atoms with Crippen LogP contribution < -0.4 is 10.5 Å². The molecule has 2 aromatic heterocycles. The first-order valence-corrected chi connectivity index (χ1v) is 9.93. The number of ketones is 1. The minimum atomic E-state index is -0.0392. The molecule has 0 bridgehead atoms. The van der Waals surface area contributed by atoms with E-state index in [4.69, 9.17) is 33.7 Å². The standard InChI is InChI=1S/C22H18Cl2N4O2/c1-30-15-6-7-17(19(23)10-15)16-3-2-4-20-18(16)12-28(27-20)11-14(29)9-13-5-8-21(24)26-22(13)25/h2-8,10,12H,9,11H2,1H3,(H2,25,26). The fourth-order valence-corrected chi connectivity index (χ4v) is 3.75. The largest absolute Gasteiger partial charge is 0.497 e. The number of fused-ring (bicyclic) bond motifs is 1. The molecule has 0 aliphatic rings. The molecule has 0 saturated heterocycles. The van der Waals surface area contributed by atoms with Gasteiger partial charge in [-0.2, -0.15) is 5.10 Å². The quantitative estimate of drug-likeness (QED) is 0.435. The summed E-state index contributed by atoms with van der Waals surface area (Å²) in [6.07, 6.45) is 2.01. The van der Waals surface area contributed by atoms with E-state index in [9.17, 15) is 4.79 Å². The van der Waals surface area contributed by atoms with Crippen molar-refractivity contribution in [2.45, 2.75) is 13.0 Å². The highest BCUT2D eigenvalue weighted by Crippen LogP contribution is 2.35. The van der Waals surface area contributed by atoms with E-state index in [1.54, 1.807) is 30.0 Å². The van der Waals surface area contributed by atoms with E-state index in [0.29, 0.717) is 21.5 Å². The average Bonchev–Trinajstić information content (AvgIpc) is 3.12. The van der Waals surface area contributed by atoms with Gasteiger partial charge in [-0.3, -0.25) is 9.48 Å². The molecule has 30 heavy (non-hydrogen) atoms. The molecule has 0 saturated carbocycles. The first-order chi connectivity index (χ1) is 14.4. The number of hydrogen-bond donors (Lipinski definition) is 1. The van der Waals surface area contributed by atoms with Gasteiger partial charge in [0.05, 0.1) is 24.2 Å². The van der Waals surface area contributed by atoms with E-state index in [0.717, 1.165) is 22.0 Å². The van der Waals surface area contributed by atoms with Gasteiger partial charge in [0.1, 0.15) is 16.7 Å². The van der Waals surface area contributed by atoms with Crippen LogP contribution in [-0.2, 0) is 17.8 Å². The lowest BCUT2D eigenvalue weighted by molar-refractivity contribution is -0.119. The van der Waals surface area contributed by atoms with Crippen molar-refractivity contribution in [3.05, 3.63) is 70.5 Å². The van der Waals surface area contributed by atoms with Gasteiger partial charge in [-0.15, -0.1) is 0 Å². The molecule has 0 aliphatic carbocycles. The van der Waals surface area contributed by atoms with Crippen LogP contribution in [0.5, 0.6) is 5.75 Å². The second-order valence-electron chi connectivity index (χ2n) is 6.80. The molecule has 2 N–H and O–H groups in total. The van der Waals surface area contributed by atoms with Crippen molar-refractivity contribution in [3.8, 4) is 16.9 Å². The number of carbonyl (C=O) groups is 1. The zero-order chi connectivity index (χ0) is 21.3. The summed E-state index contributed by atoms with van der Waals surface area (Å²) in [7, 11) is 1.60. The lowest BCUT2D eigenvalue weighted by atomic mass is 10.0. The maximum Gasteiger partial charge on any atom is 0.158 e. The van der Waals surface area contributed by atoms with Gasteiger partial charge in [0.2, 0.25) is 0 Å². The number of benzene rings is 2. The number of nitrogens with two attached hydrogens (primary N) is 1. The van der Waals surface area contributed by atoms with Gasteiger partial charge in [-0.25, -0.2) is 4.98 Å². The van der Waals surface area contributed by atoms with Crippen molar-refractivity contribution in [3.63, 3.8) is 0 Å². The number of anilines is 1. The van der Waals surface area contributed by atoms with Crippen molar-refractivity contribution < 1.29 is 9.53 Å². The zero-order valence-electron chi connectivity index (χ0n) is 16.1. The van der Waals surface area contributed by atoms with Crippen LogP contribution in [0.3, 0.4) is 0 Å². The Kier molecular flexibility index (Phi) is 5.61. The summed E-state index contributed by atoms with van der Waals surface area (Å²) in [5.74, 6) is 0.911. The van der Waals surface area contributed by atoms with Crippen LogP contribution in [0, 0.1) is 0 Å². The summed E-state index contributed by atoms with van der Waals surface area (Å²) in [4.78, 5) is 16.5. The van der Waals surface area contributed by atoms with Crippen LogP contribution >= 0.6 is 23.2 Å². The molecular weight excluding hydrogens is 423 g/mol. The summed E-state index contributed by atoms with van der Waals surface area (Å²) in [5.41, 5.74) is 9.08. The molecule has 2 aromatic carbocycles. The molecule has 2 heterocycles. The van der Waals surface area contributed by atoms with E-state index in [2.05, 4.69) is 10.1 Å². The van der Waals surface area contributed by atoms with Gasteiger partial charge < -0.3 is 10.5 Å². The average molecular weight is 441 g/mol. The van der Waals surface area contributed by atoms with Crippen LogP contribution in [-0.4, -0.2) is 27.7 Å². The van der Waals surface area contributed by atoms with Crippen molar-refractivity contribution in [2.75, 3.05) is 12.8 Å². The molecule has 0 amide bonds. The Morgan fingerprint density at radius 2 is 1.97 bits per heavy atom. The number of ether oxygens (including phenoxy) is 1. The molecule has 8 heteroatoms. The highest BCUT2D eigenvalue weighted by molar-refractivity contribution is 6.34. The smallest absolute Gasteiger partial charge is 0.158 e. The third kappa shape index (κ3) is 4.10. The number of pyridine rings is 1. The number of nitrogens with zero attached hydrogens (tertiary/aromatic N) is 3. The minimum Gasteiger partial charge on any atom is -0.497 e. The van der Waals surface area contributed by atoms with E-state index >= 15 is 0 Å². The fourth-order valence-electron chi connectivity index (χ4n) is 3.33. The number of Topliss-reactive ketones (excluding diaryl/α,β-unsaturated/α-hetero) is 1.